The molecule has 0 aromatic carbocycles. The van der Waals surface area contributed by atoms with Crippen molar-refractivity contribution in [3.63, 3.8) is 0 Å². The van der Waals surface area contributed by atoms with Crippen LogP contribution in [0, 0.1) is 0 Å². The predicted octanol–water partition coefficient (Wildman–Crippen LogP) is 1.62. The van der Waals surface area contributed by atoms with Gasteiger partial charge in [-0.3, -0.25) is 4.68 Å². The van der Waals surface area contributed by atoms with E-state index in [1.54, 1.807) is 0 Å². The maximum atomic E-state index is 8.64. The molecule has 1 aromatic rings. The number of nitrogens with zero attached hydrogens (tertiary/aromatic N) is 2. The lowest BCUT2D eigenvalue weighted by Gasteiger charge is -2.13. The van der Waals surface area contributed by atoms with Crippen molar-refractivity contribution in [3.8, 4) is 0 Å². The molecule has 0 spiro atoms. The van der Waals surface area contributed by atoms with Gasteiger partial charge in [0.2, 0.25) is 0 Å². The third-order valence-electron chi connectivity index (χ3n) is 2.84. The Balaban J connectivity index is 2.11. The van der Waals surface area contributed by atoms with E-state index in [1.165, 1.54) is 18.5 Å². The molecule has 16 heavy (non-hydrogen) atoms. The first kappa shape index (κ1) is 13.2. The number of hydrogen-bond acceptors (Lipinski definition) is 3. The predicted molar refractivity (Wildman–Crippen MR) is 65.2 cm³/mol. The minimum absolute atomic E-state index is 0.318. The van der Waals surface area contributed by atoms with Gasteiger partial charge in [-0.1, -0.05) is 12.8 Å². The molecule has 0 fully saturated rings. The SMILES string of the molecule is CC(NCCCCCCO)c1ccnn1C. The molecule has 0 saturated heterocycles. The van der Waals surface area contributed by atoms with Crippen molar-refractivity contribution < 1.29 is 5.11 Å². The van der Waals surface area contributed by atoms with Crippen LogP contribution in [0.25, 0.3) is 0 Å². The van der Waals surface area contributed by atoms with Gasteiger partial charge in [0.15, 0.2) is 0 Å². The van der Waals surface area contributed by atoms with Gasteiger partial charge in [-0.05, 0) is 32.4 Å². The molecule has 0 saturated carbocycles. The zero-order chi connectivity index (χ0) is 11.8. The van der Waals surface area contributed by atoms with Gasteiger partial charge in [-0.15, -0.1) is 0 Å². The smallest absolute Gasteiger partial charge is 0.0547 e. The summed E-state index contributed by atoms with van der Waals surface area (Å²) in [6.45, 7) is 3.50. The molecule has 1 heterocycles. The van der Waals surface area contributed by atoms with Gasteiger partial charge in [-0.2, -0.15) is 5.10 Å². The summed E-state index contributed by atoms with van der Waals surface area (Å²) >= 11 is 0. The van der Waals surface area contributed by atoms with Gasteiger partial charge in [0, 0.05) is 25.9 Å². The molecule has 1 unspecified atom stereocenters. The van der Waals surface area contributed by atoms with E-state index in [-0.39, 0.29) is 0 Å². The van der Waals surface area contributed by atoms with Crippen LogP contribution in [0.1, 0.15) is 44.3 Å². The van der Waals surface area contributed by atoms with Crippen LogP contribution < -0.4 is 5.32 Å². The van der Waals surface area contributed by atoms with E-state index in [0.29, 0.717) is 12.6 Å². The Labute approximate surface area is 97.7 Å². The van der Waals surface area contributed by atoms with Crippen molar-refractivity contribution in [1.82, 2.24) is 15.1 Å². The maximum Gasteiger partial charge on any atom is 0.0547 e. The number of aromatic nitrogens is 2. The van der Waals surface area contributed by atoms with E-state index in [1.807, 2.05) is 24.0 Å². The normalized spacial score (nSPS) is 12.9. The van der Waals surface area contributed by atoms with E-state index in [9.17, 15) is 0 Å². The fourth-order valence-electron chi connectivity index (χ4n) is 1.82. The molecule has 1 aromatic heterocycles. The monoisotopic (exact) mass is 225 g/mol. The van der Waals surface area contributed by atoms with Crippen molar-refractivity contribution in [1.29, 1.82) is 0 Å². The third kappa shape index (κ3) is 4.33. The van der Waals surface area contributed by atoms with Gasteiger partial charge < -0.3 is 10.4 Å². The quantitative estimate of drug-likeness (QED) is 0.661. The number of unbranched alkanes of at least 4 members (excludes halogenated alkanes) is 3. The average Bonchev–Trinajstić information content (AvgIpc) is 2.69. The lowest BCUT2D eigenvalue weighted by molar-refractivity contribution is 0.282. The number of nitrogens with one attached hydrogen (secondary N) is 1. The Bertz CT molecular complexity index is 286. The van der Waals surface area contributed by atoms with Crippen molar-refractivity contribution in [2.75, 3.05) is 13.2 Å². The number of rotatable bonds is 8. The molecule has 0 bridgehead atoms. The van der Waals surface area contributed by atoms with Crippen LogP contribution in [0.5, 0.6) is 0 Å². The van der Waals surface area contributed by atoms with Crippen molar-refractivity contribution >= 4 is 0 Å². The van der Waals surface area contributed by atoms with Crippen LogP contribution in [-0.4, -0.2) is 28.0 Å². The third-order valence-corrected chi connectivity index (χ3v) is 2.84. The summed E-state index contributed by atoms with van der Waals surface area (Å²) in [7, 11) is 1.97. The topological polar surface area (TPSA) is 50.1 Å². The molecule has 0 aliphatic rings. The summed E-state index contributed by atoms with van der Waals surface area (Å²) in [4.78, 5) is 0. The summed E-state index contributed by atoms with van der Waals surface area (Å²) < 4.78 is 1.91. The van der Waals surface area contributed by atoms with Gasteiger partial charge in [0.1, 0.15) is 0 Å². The summed E-state index contributed by atoms with van der Waals surface area (Å²) in [5.41, 5.74) is 1.22. The highest BCUT2D eigenvalue weighted by Crippen LogP contribution is 2.10. The first-order valence-electron chi connectivity index (χ1n) is 6.08. The minimum Gasteiger partial charge on any atom is -0.396 e. The molecule has 1 rings (SSSR count). The van der Waals surface area contributed by atoms with Crippen LogP contribution in [0.15, 0.2) is 12.3 Å². The fourth-order valence-corrected chi connectivity index (χ4v) is 1.82. The molecular formula is C12H23N3O. The van der Waals surface area contributed by atoms with Gasteiger partial charge in [0.25, 0.3) is 0 Å². The molecule has 0 aliphatic heterocycles. The van der Waals surface area contributed by atoms with Crippen LogP contribution in [0.4, 0.5) is 0 Å². The van der Waals surface area contributed by atoms with E-state index in [2.05, 4.69) is 17.3 Å². The Kier molecular flexibility index (Phi) is 6.11. The van der Waals surface area contributed by atoms with Crippen LogP contribution in [0.2, 0.25) is 0 Å². The standard InChI is InChI=1S/C12H23N3O/c1-11(12-7-9-14-15(12)2)13-8-5-3-4-6-10-16/h7,9,11,13,16H,3-6,8,10H2,1-2H3. The van der Waals surface area contributed by atoms with Crippen molar-refractivity contribution in [3.05, 3.63) is 18.0 Å². The number of aryl methyl sites for hydroxylation is 1. The highest BCUT2D eigenvalue weighted by molar-refractivity contribution is 5.04. The van der Waals surface area contributed by atoms with Gasteiger partial charge >= 0.3 is 0 Å². The van der Waals surface area contributed by atoms with Crippen LogP contribution in [0.3, 0.4) is 0 Å². The van der Waals surface area contributed by atoms with Crippen LogP contribution >= 0.6 is 0 Å². The zero-order valence-electron chi connectivity index (χ0n) is 10.3. The minimum atomic E-state index is 0.318. The Hall–Kier alpha value is -0.870. The summed E-state index contributed by atoms with van der Waals surface area (Å²) in [6.07, 6.45) is 6.23. The molecule has 4 heteroatoms. The second-order valence-corrected chi connectivity index (χ2v) is 4.19. The number of aliphatic hydroxyl groups excluding tert-OH is 1. The molecule has 0 aliphatic carbocycles. The highest BCUT2D eigenvalue weighted by Gasteiger charge is 2.07. The lowest BCUT2D eigenvalue weighted by Crippen LogP contribution is -2.22. The van der Waals surface area contributed by atoms with Crippen LogP contribution in [-0.2, 0) is 7.05 Å². The molecule has 0 radical (unpaired) electrons. The van der Waals surface area contributed by atoms with E-state index in [4.69, 9.17) is 5.11 Å². The van der Waals surface area contributed by atoms with Gasteiger partial charge in [0.05, 0.1) is 5.69 Å². The molecule has 92 valence electrons. The van der Waals surface area contributed by atoms with E-state index in [0.717, 1.165) is 19.4 Å². The molecule has 0 amide bonds. The lowest BCUT2D eigenvalue weighted by atomic mass is 10.2. The first-order chi connectivity index (χ1) is 7.75. The molecule has 2 N–H and O–H groups in total. The van der Waals surface area contributed by atoms with E-state index >= 15 is 0 Å². The highest BCUT2D eigenvalue weighted by atomic mass is 16.2. The largest absolute Gasteiger partial charge is 0.396 e. The second kappa shape index (κ2) is 7.41. The summed E-state index contributed by atoms with van der Waals surface area (Å²) in [5, 5.41) is 16.3. The fraction of sp³-hybridized carbons (Fsp3) is 0.750. The second-order valence-electron chi connectivity index (χ2n) is 4.19. The maximum absolute atomic E-state index is 8.64. The Morgan fingerprint density at radius 2 is 2.12 bits per heavy atom. The molecular weight excluding hydrogens is 202 g/mol. The Morgan fingerprint density at radius 3 is 2.75 bits per heavy atom. The average molecular weight is 225 g/mol. The summed E-state index contributed by atoms with van der Waals surface area (Å²) in [5.74, 6) is 0. The van der Waals surface area contributed by atoms with Gasteiger partial charge in [-0.25, -0.2) is 0 Å². The molecule has 1 atom stereocenters. The summed E-state index contributed by atoms with van der Waals surface area (Å²) in [6, 6.07) is 2.40. The Morgan fingerprint density at radius 1 is 1.38 bits per heavy atom. The van der Waals surface area contributed by atoms with Crippen molar-refractivity contribution in [2.45, 2.75) is 38.6 Å². The first-order valence-corrected chi connectivity index (χ1v) is 6.08. The number of aliphatic hydroxyl groups is 1. The van der Waals surface area contributed by atoms with Crippen molar-refractivity contribution in [2.24, 2.45) is 7.05 Å². The number of hydrogen-bond donors (Lipinski definition) is 2. The molecule has 4 nitrogen and oxygen atoms in total. The van der Waals surface area contributed by atoms with E-state index < -0.39 is 0 Å². The zero-order valence-corrected chi connectivity index (χ0v) is 10.3.